The Bertz CT molecular complexity index is 813. The lowest BCUT2D eigenvalue weighted by Crippen LogP contribution is -2.34. The van der Waals surface area contributed by atoms with E-state index in [0.29, 0.717) is 35.9 Å². The van der Waals surface area contributed by atoms with Crippen molar-refractivity contribution >= 4 is 17.5 Å². The van der Waals surface area contributed by atoms with E-state index in [1.165, 1.54) is 0 Å². The van der Waals surface area contributed by atoms with Crippen LogP contribution in [0.15, 0.2) is 48.5 Å². The highest BCUT2D eigenvalue weighted by Crippen LogP contribution is 2.16. The zero-order valence-corrected chi connectivity index (χ0v) is 19.1. The Labute approximate surface area is 186 Å². The van der Waals surface area contributed by atoms with Gasteiger partial charge < -0.3 is 20.3 Å². The van der Waals surface area contributed by atoms with E-state index < -0.39 is 0 Å². The van der Waals surface area contributed by atoms with Crippen molar-refractivity contribution in [1.29, 1.82) is 0 Å². The molecule has 168 valence electrons. The standard InChI is InChI=1S/C25H35N3O3/c1-5-28(6-2)17-16-26-24(29)20-7-11-22(12-8-20)27-25(30)21-9-13-23(14-10-21)31-18-15-19(3)4/h7-14,19H,5-6,15-18H2,1-4H3,(H,26,29)(H,27,30). The van der Waals surface area contributed by atoms with Crippen molar-refractivity contribution in [2.75, 3.05) is 38.1 Å². The predicted octanol–water partition coefficient (Wildman–Crippen LogP) is 4.44. The number of likely N-dealkylation sites (N-methyl/N-ethyl adjacent to an activating group) is 1. The normalized spacial score (nSPS) is 10.9. The zero-order valence-electron chi connectivity index (χ0n) is 19.1. The summed E-state index contributed by atoms with van der Waals surface area (Å²) in [7, 11) is 0. The summed E-state index contributed by atoms with van der Waals surface area (Å²) in [6.07, 6.45) is 0.992. The quantitative estimate of drug-likeness (QED) is 0.528. The second kappa shape index (κ2) is 12.7. The molecule has 0 fully saturated rings. The number of amides is 2. The molecular formula is C25H35N3O3. The summed E-state index contributed by atoms with van der Waals surface area (Å²) in [6, 6.07) is 14.0. The van der Waals surface area contributed by atoms with Gasteiger partial charge in [-0.15, -0.1) is 0 Å². The Morgan fingerprint density at radius 3 is 2.06 bits per heavy atom. The highest BCUT2D eigenvalue weighted by atomic mass is 16.5. The van der Waals surface area contributed by atoms with E-state index in [2.05, 4.69) is 43.2 Å². The van der Waals surface area contributed by atoms with Crippen molar-refractivity contribution in [3.05, 3.63) is 59.7 Å². The van der Waals surface area contributed by atoms with Crippen molar-refractivity contribution in [1.82, 2.24) is 10.2 Å². The van der Waals surface area contributed by atoms with Crippen LogP contribution in [0.3, 0.4) is 0 Å². The molecule has 2 aromatic carbocycles. The minimum absolute atomic E-state index is 0.113. The number of benzene rings is 2. The predicted molar refractivity (Wildman–Crippen MR) is 126 cm³/mol. The molecule has 0 aromatic heterocycles. The van der Waals surface area contributed by atoms with E-state index in [1.807, 2.05) is 0 Å². The SMILES string of the molecule is CCN(CC)CCNC(=O)c1ccc(NC(=O)c2ccc(OCCC(C)C)cc2)cc1. The summed E-state index contributed by atoms with van der Waals surface area (Å²) in [5.74, 6) is 1.03. The fourth-order valence-electron chi connectivity index (χ4n) is 2.99. The van der Waals surface area contributed by atoms with Crippen molar-refractivity contribution < 1.29 is 14.3 Å². The maximum Gasteiger partial charge on any atom is 0.255 e. The van der Waals surface area contributed by atoms with Gasteiger partial charge >= 0.3 is 0 Å². The molecule has 0 spiro atoms. The van der Waals surface area contributed by atoms with E-state index in [0.717, 1.165) is 31.8 Å². The number of anilines is 1. The lowest BCUT2D eigenvalue weighted by Gasteiger charge is -2.18. The van der Waals surface area contributed by atoms with Gasteiger partial charge in [-0.3, -0.25) is 9.59 Å². The first kappa shape index (κ1) is 24.4. The summed E-state index contributed by atoms with van der Waals surface area (Å²) in [5.41, 5.74) is 1.76. The molecule has 31 heavy (non-hydrogen) atoms. The fourth-order valence-corrected chi connectivity index (χ4v) is 2.99. The van der Waals surface area contributed by atoms with Crippen molar-refractivity contribution in [2.24, 2.45) is 5.92 Å². The Hall–Kier alpha value is -2.86. The number of hydrogen-bond donors (Lipinski definition) is 2. The van der Waals surface area contributed by atoms with Gasteiger partial charge in [-0.2, -0.15) is 0 Å². The third-order valence-corrected chi connectivity index (χ3v) is 5.09. The van der Waals surface area contributed by atoms with Crippen LogP contribution in [0.4, 0.5) is 5.69 Å². The first-order valence-corrected chi connectivity index (χ1v) is 11.1. The lowest BCUT2D eigenvalue weighted by molar-refractivity contribution is 0.0948. The highest BCUT2D eigenvalue weighted by molar-refractivity contribution is 6.04. The molecule has 0 saturated carbocycles. The third-order valence-electron chi connectivity index (χ3n) is 5.09. The van der Waals surface area contributed by atoms with Gasteiger partial charge in [-0.25, -0.2) is 0 Å². The van der Waals surface area contributed by atoms with Gasteiger partial charge in [0, 0.05) is 29.9 Å². The van der Waals surface area contributed by atoms with Gasteiger partial charge in [0.15, 0.2) is 0 Å². The van der Waals surface area contributed by atoms with Crippen LogP contribution in [0, 0.1) is 5.92 Å². The van der Waals surface area contributed by atoms with Crippen LogP contribution in [-0.2, 0) is 0 Å². The summed E-state index contributed by atoms with van der Waals surface area (Å²) < 4.78 is 5.69. The van der Waals surface area contributed by atoms with Crippen LogP contribution >= 0.6 is 0 Å². The maximum atomic E-state index is 12.5. The van der Waals surface area contributed by atoms with Crippen LogP contribution in [0.25, 0.3) is 0 Å². The van der Waals surface area contributed by atoms with Crippen LogP contribution < -0.4 is 15.4 Å². The van der Waals surface area contributed by atoms with Crippen LogP contribution in [0.5, 0.6) is 5.75 Å². The van der Waals surface area contributed by atoms with Gasteiger partial charge in [-0.05, 0) is 74.0 Å². The van der Waals surface area contributed by atoms with E-state index in [1.54, 1.807) is 48.5 Å². The molecule has 2 rings (SSSR count). The highest BCUT2D eigenvalue weighted by Gasteiger charge is 2.09. The molecule has 2 aromatic rings. The van der Waals surface area contributed by atoms with E-state index in [-0.39, 0.29) is 11.8 Å². The molecule has 6 nitrogen and oxygen atoms in total. The van der Waals surface area contributed by atoms with Crippen molar-refractivity contribution in [3.8, 4) is 5.75 Å². The molecule has 0 aliphatic rings. The van der Waals surface area contributed by atoms with Gasteiger partial charge in [0.2, 0.25) is 0 Å². The molecule has 0 saturated heterocycles. The molecule has 0 aliphatic carbocycles. The summed E-state index contributed by atoms with van der Waals surface area (Å²) in [5, 5.41) is 5.79. The van der Waals surface area contributed by atoms with E-state index >= 15 is 0 Å². The second-order valence-corrected chi connectivity index (χ2v) is 7.87. The summed E-state index contributed by atoms with van der Waals surface area (Å²) in [6.45, 7) is 12.6. The lowest BCUT2D eigenvalue weighted by atomic mass is 10.1. The van der Waals surface area contributed by atoms with Crippen molar-refractivity contribution in [2.45, 2.75) is 34.1 Å². The molecule has 0 unspecified atom stereocenters. The molecule has 0 aliphatic heterocycles. The number of nitrogens with one attached hydrogen (secondary N) is 2. The molecular weight excluding hydrogens is 390 g/mol. The number of carbonyl (C=O) groups is 2. The van der Waals surface area contributed by atoms with Crippen LogP contribution in [-0.4, -0.2) is 49.5 Å². The zero-order chi connectivity index (χ0) is 22.6. The molecule has 0 atom stereocenters. The second-order valence-electron chi connectivity index (χ2n) is 7.87. The van der Waals surface area contributed by atoms with Gasteiger partial charge in [0.1, 0.15) is 5.75 Å². The fraction of sp³-hybridized carbons (Fsp3) is 0.440. The maximum absolute atomic E-state index is 12.5. The van der Waals surface area contributed by atoms with Crippen LogP contribution in [0.2, 0.25) is 0 Å². The minimum Gasteiger partial charge on any atom is -0.494 e. The molecule has 2 N–H and O–H groups in total. The number of rotatable bonds is 12. The van der Waals surface area contributed by atoms with Crippen molar-refractivity contribution in [3.63, 3.8) is 0 Å². The van der Waals surface area contributed by atoms with Gasteiger partial charge in [0.05, 0.1) is 6.61 Å². The number of hydrogen-bond acceptors (Lipinski definition) is 4. The molecule has 2 amide bonds. The Morgan fingerprint density at radius 2 is 1.48 bits per heavy atom. The molecule has 0 bridgehead atoms. The molecule has 0 heterocycles. The molecule has 6 heteroatoms. The number of carbonyl (C=O) groups excluding carboxylic acids is 2. The third kappa shape index (κ3) is 8.42. The largest absolute Gasteiger partial charge is 0.494 e. The number of nitrogens with zero attached hydrogens (tertiary/aromatic N) is 1. The van der Waals surface area contributed by atoms with Crippen LogP contribution in [0.1, 0.15) is 54.8 Å². The smallest absolute Gasteiger partial charge is 0.255 e. The summed E-state index contributed by atoms with van der Waals surface area (Å²) >= 11 is 0. The Morgan fingerprint density at radius 1 is 0.903 bits per heavy atom. The summed E-state index contributed by atoms with van der Waals surface area (Å²) in [4.78, 5) is 27.0. The average molecular weight is 426 g/mol. The monoisotopic (exact) mass is 425 g/mol. The topological polar surface area (TPSA) is 70.7 Å². The van der Waals surface area contributed by atoms with E-state index in [9.17, 15) is 9.59 Å². The van der Waals surface area contributed by atoms with Gasteiger partial charge in [-0.1, -0.05) is 27.7 Å². The average Bonchev–Trinajstić information content (AvgIpc) is 2.77. The molecule has 0 radical (unpaired) electrons. The van der Waals surface area contributed by atoms with E-state index in [4.69, 9.17) is 4.74 Å². The first-order chi connectivity index (χ1) is 14.9. The number of ether oxygens (including phenoxy) is 1. The minimum atomic E-state index is -0.204. The first-order valence-electron chi connectivity index (χ1n) is 11.1. The Kier molecular flexibility index (Phi) is 10.0. The Balaban J connectivity index is 1.83. The van der Waals surface area contributed by atoms with Gasteiger partial charge in [0.25, 0.3) is 11.8 Å².